The first kappa shape index (κ1) is 19.4. The van der Waals surface area contributed by atoms with E-state index in [2.05, 4.69) is 27.0 Å². The van der Waals surface area contributed by atoms with Gasteiger partial charge in [0, 0.05) is 16.9 Å². The van der Waals surface area contributed by atoms with Crippen LogP contribution in [0.1, 0.15) is 64.9 Å². The van der Waals surface area contributed by atoms with Crippen LogP contribution in [0.2, 0.25) is 0 Å². The van der Waals surface area contributed by atoms with Crippen molar-refractivity contribution in [3.8, 4) is 6.07 Å². The third-order valence-corrected chi connectivity index (χ3v) is 6.26. The molecule has 4 atom stereocenters. The molecular weight excluding hydrogens is 392 g/mol. The number of rotatable bonds is 2. The van der Waals surface area contributed by atoms with Crippen molar-refractivity contribution >= 4 is 21.9 Å². The Morgan fingerprint density at radius 2 is 2.00 bits per heavy atom. The lowest BCUT2D eigenvalue weighted by atomic mass is 9.67. The normalized spacial score (nSPS) is 31.6. The Bertz CT molecular complexity index is 721. The van der Waals surface area contributed by atoms with Crippen LogP contribution in [0.5, 0.6) is 0 Å². The second-order valence-electron chi connectivity index (χ2n) is 8.91. The number of carbonyl (C=O) groups is 1. The number of aromatic nitrogens is 1. The van der Waals surface area contributed by atoms with Gasteiger partial charge in [0.2, 0.25) is 0 Å². The van der Waals surface area contributed by atoms with Crippen molar-refractivity contribution in [2.24, 2.45) is 17.8 Å². The quantitative estimate of drug-likeness (QED) is 0.621. The third-order valence-electron chi connectivity index (χ3n) is 5.83. The Labute approximate surface area is 164 Å². The molecule has 0 radical (unpaired) electrons. The van der Waals surface area contributed by atoms with Gasteiger partial charge in [0.15, 0.2) is 0 Å². The summed E-state index contributed by atoms with van der Waals surface area (Å²) in [6.45, 7) is 5.74. The highest BCUT2D eigenvalue weighted by Crippen LogP contribution is 2.50. The predicted octanol–water partition coefficient (Wildman–Crippen LogP) is 5.16. The maximum Gasteiger partial charge on any atom is 0.309 e. The number of hydrogen-bond donors (Lipinski definition) is 0. The Hall–Kier alpha value is -1.41. The topological polar surface area (TPSA) is 63.0 Å². The minimum absolute atomic E-state index is 0.0933. The monoisotopic (exact) mass is 418 g/mol. The second-order valence-corrected chi connectivity index (χ2v) is 9.83. The molecule has 4 nitrogen and oxygen atoms in total. The molecule has 140 valence electrons. The molecular formula is C21H27BrN2O2. The number of ether oxygens (including phenoxy) is 1. The molecule has 4 unspecified atom stereocenters. The van der Waals surface area contributed by atoms with Gasteiger partial charge in [-0.25, -0.2) is 0 Å². The van der Waals surface area contributed by atoms with E-state index >= 15 is 0 Å². The number of nitriles is 1. The van der Waals surface area contributed by atoms with Crippen molar-refractivity contribution in [3.05, 3.63) is 28.5 Å². The molecule has 2 bridgehead atoms. The van der Waals surface area contributed by atoms with Gasteiger partial charge in [-0.05, 0) is 92.3 Å². The second kappa shape index (κ2) is 7.31. The highest BCUT2D eigenvalue weighted by Gasteiger charge is 2.46. The predicted molar refractivity (Wildman–Crippen MR) is 103 cm³/mol. The molecule has 0 amide bonds. The molecule has 2 aliphatic rings. The smallest absolute Gasteiger partial charge is 0.309 e. The third kappa shape index (κ3) is 4.11. The van der Waals surface area contributed by atoms with Gasteiger partial charge in [-0.3, -0.25) is 9.78 Å². The summed E-state index contributed by atoms with van der Waals surface area (Å²) in [5.74, 6) is 0.471. The van der Waals surface area contributed by atoms with Gasteiger partial charge >= 0.3 is 5.97 Å². The molecule has 26 heavy (non-hydrogen) atoms. The molecule has 0 aromatic carbocycles. The highest BCUT2D eigenvalue weighted by atomic mass is 79.9. The fourth-order valence-electron chi connectivity index (χ4n) is 4.67. The van der Waals surface area contributed by atoms with E-state index in [0.29, 0.717) is 12.3 Å². The van der Waals surface area contributed by atoms with Gasteiger partial charge in [-0.2, -0.15) is 5.26 Å². The molecule has 2 saturated carbocycles. The lowest BCUT2D eigenvalue weighted by molar-refractivity contribution is -0.162. The number of esters is 1. The molecule has 0 saturated heterocycles. The van der Waals surface area contributed by atoms with Crippen molar-refractivity contribution in [2.75, 3.05) is 0 Å². The first-order chi connectivity index (χ1) is 12.2. The Kier molecular flexibility index (Phi) is 5.44. The van der Waals surface area contributed by atoms with E-state index in [1.807, 2.05) is 33.0 Å². The summed E-state index contributed by atoms with van der Waals surface area (Å²) >= 11 is 3.49. The summed E-state index contributed by atoms with van der Waals surface area (Å²) in [5, 5.41) is 10.2. The van der Waals surface area contributed by atoms with E-state index < -0.39 is 11.0 Å². The van der Waals surface area contributed by atoms with Gasteiger partial charge in [0.25, 0.3) is 0 Å². The lowest BCUT2D eigenvalue weighted by Gasteiger charge is -2.36. The van der Waals surface area contributed by atoms with Crippen LogP contribution in [0.3, 0.4) is 0 Å². The number of halogens is 1. The van der Waals surface area contributed by atoms with Crippen molar-refractivity contribution < 1.29 is 9.53 Å². The van der Waals surface area contributed by atoms with Crippen LogP contribution < -0.4 is 0 Å². The lowest BCUT2D eigenvalue weighted by Crippen LogP contribution is -2.37. The van der Waals surface area contributed by atoms with Gasteiger partial charge < -0.3 is 4.74 Å². The SMILES string of the molecule is CC(C)(C)OC(=O)C1CCC2CCC1CC(C#N)(c1cncc(Br)c1)C2. The first-order valence-electron chi connectivity index (χ1n) is 9.47. The molecule has 0 spiro atoms. The number of pyridine rings is 1. The number of nitrogens with zero attached hydrogens (tertiary/aromatic N) is 2. The minimum atomic E-state index is -0.566. The Morgan fingerprint density at radius 1 is 1.27 bits per heavy atom. The zero-order chi connectivity index (χ0) is 18.9. The van der Waals surface area contributed by atoms with Gasteiger partial charge in [0.1, 0.15) is 5.60 Å². The van der Waals surface area contributed by atoms with Crippen LogP contribution in [-0.2, 0) is 14.9 Å². The minimum Gasteiger partial charge on any atom is -0.460 e. The molecule has 2 fully saturated rings. The Morgan fingerprint density at radius 3 is 2.65 bits per heavy atom. The Balaban J connectivity index is 1.93. The van der Waals surface area contributed by atoms with Crippen LogP contribution in [0.25, 0.3) is 0 Å². The van der Waals surface area contributed by atoms with Gasteiger partial charge in [-0.1, -0.05) is 6.42 Å². The average Bonchev–Trinajstić information content (AvgIpc) is 2.85. The van der Waals surface area contributed by atoms with Crippen LogP contribution >= 0.6 is 15.9 Å². The van der Waals surface area contributed by atoms with Crippen molar-refractivity contribution in [1.29, 1.82) is 5.26 Å². The summed E-state index contributed by atoms with van der Waals surface area (Å²) in [6, 6.07) is 4.64. The van der Waals surface area contributed by atoms with Crippen molar-refractivity contribution in [1.82, 2.24) is 4.98 Å². The highest BCUT2D eigenvalue weighted by molar-refractivity contribution is 9.10. The number of carbonyl (C=O) groups excluding carboxylic acids is 1. The molecule has 0 aliphatic heterocycles. The maximum atomic E-state index is 12.8. The maximum absolute atomic E-state index is 12.8. The molecule has 3 rings (SSSR count). The molecule has 1 aromatic heterocycles. The van der Waals surface area contributed by atoms with E-state index in [-0.39, 0.29) is 17.8 Å². The zero-order valence-corrected chi connectivity index (χ0v) is 17.4. The first-order valence-corrected chi connectivity index (χ1v) is 10.3. The van der Waals surface area contributed by atoms with E-state index in [4.69, 9.17) is 4.74 Å². The van der Waals surface area contributed by atoms with E-state index in [9.17, 15) is 10.1 Å². The van der Waals surface area contributed by atoms with Crippen LogP contribution in [0, 0.1) is 29.1 Å². The van der Waals surface area contributed by atoms with Crippen LogP contribution in [0.4, 0.5) is 0 Å². The summed E-state index contributed by atoms with van der Waals surface area (Å²) in [4.78, 5) is 17.1. The number of hydrogen-bond acceptors (Lipinski definition) is 4. The van der Waals surface area contributed by atoms with Crippen molar-refractivity contribution in [3.63, 3.8) is 0 Å². The van der Waals surface area contributed by atoms with E-state index in [1.165, 1.54) is 0 Å². The molecule has 5 heteroatoms. The van der Waals surface area contributed by atoms with Crippen LogP contribution in [0.15, 0.2) is 22.9 Å². The number of fused-ring (bicyclic) bond motifs is 3. The summed E-state index contributed by atoms with van der Waals surface area (Å²) < 4.78 is 6.60. The molecule has 2 aliphatic carbocycles. The molecule has 1 heterocycles. The largest absolute Gasteiger partial charge is 0.460 e. The van der Waals surface area contributed by atoms with E-state index in [1.54, 1.807) is 6.20 Å². The van der Waals surface area contributed by atoms with Gasteiger partial charge in [-0.15, -0.1) is 0 Å². The average molecular weight is 419 g/mol. The summed E-state index contributed by atoms with van der Waals surface area (Å²) in [7, 11) is 0. The standard InChI is InChI=1S/C21H27BrN2O2/c1-20(2,3)26-19(25)18-7-5-14-4-6-15(18)10-21(9-14,13-23)16-8-17(22)12-24-11-16/h8,11-12,14-15,18H,4-7,9-10H2,1-3H3. The molecule has 1 aromatic rings. The molecule has 0 N–H and O–H groups in total. The van der Waals surface area contributed by atoms with E-state index in [0.717, 1.165) is 42.1 Å². The fraction of sp³-hybridized carbons (Fsp3) is 0.667. The summed E-state index contributed by atoms with van der Waals surface area (Å²) in [5.41, 5.74) is -0.0718. The van der Waals surface area contributed by atoms with Crippen molar-refractivity contribution in [2.45, 2.75) is 70.3 Å². The van der Waals surface area contributed by atoms with Crippen LogP contribution in [-0.4, -0.2) is 16.6 Å². The van der Waals surface area contributed by atoms with Gasteiger partial charge in [0.05, 0.1) is 17.4 Å². The zero-order valence-electron chi connectivity index (χ0n) is 15.8. The summed E-state index contributed by atoms with van der Waals surface area (Å²) in [6.07, 6.45) is 9.09. The fourth-order valence-corrected chi connectivity index (χ4v) is 5.04.